The molecule has 2 heterocycles. The van der Waals surface area contributed by atoms with Crippen LogP contribution in [-0.2, 0) is 13.1 Å². The molecular weight excluding hydrogens is 404 g/mol. The Morgan fingerprint density at radius 2 is 1.55 bits per heavy atom. The second kappa shape index (κ2) is 9.88. The second-order valence-electron chi connectivity index (χ2n) is 8.52. The van der Waals surface area contributed by atoms with E-state index in [1.165, 1.54) is 21.6 Å². The number of benzene rings is 2. The smallest absolute Gasteiger partial charge is 0.188 e. The zero-order chi connectivity index (χ0) is 21.8. The normalized spacial score (nSPS) is 20.1. The predicted molar refractivity (Wildman–Crippen MR) is 127 cm³/mol. The molecule has 2 atom stereocenters. The van der Waals surface area contributed by atoms with Gasteiger partial charge in [0.25, 0.3) is 0 Å². The van der Waals surface area contributed by atoms with Gasteiger partial charge in [-0.1, -0.05) is 54.6 Å². The number of carbonyl (C=O) groups excluding carboxylic acids is 1. The van der Waals surface area contributed by atoms with Crippen molar-refractivity contribution in [1.82, 2.24) is 9.80 Å². The van der Waals surface area contributed by atoms with Crippen molar-refractivity contribution in [2.24, 2.45) is 0 Å². The van der Waals surface area contributed by atoms with Crippen LogP contribution in [0.25, 0.3) is 10.4 Å². The van der Waals surface area contributed by atoms with Gasteiger partial charge in [-0.3, -0.25) is 14.6 Å². The summed E-state index contributed by atoms with van der Waals surface area (Å²) in [4.78, 5) is 18.0. The van der Waals surface area contributed by atoms with Crippen LogP contribution in [0.15, 0.2) is 66.0 Å². The van der Waals surface area contributed by atoms with Crippen molar-refractivity contribution in [2.75, 3.05) is 19.7 Å². The van der Waals surface area contributed by atoms with Gasteiger partial charge < -0.3 is 5.11 Å². The Morgan fingerprint density at radius 3 is 2.13 bits per heavy atom. The number of hydrogen-bond acceptors (Lipinski definition) is 5. The Hall–Kier alpha value is -2.31. The molecule has 0 amide bonds. The van der Waals surface area contributed by atoms with Crippen LogP contribution in [0.3, 0.4) is 0 Å². The molecule has 3 aromatic rings. The molecule has 1 aromatic heterocycles. The standard InChI is InChI=1S/C26H30N2O2S/c1-19-14-27(16-21-7-11-24(12-8-21)26-4-3-13-31-26)15-20(2)28(19)17-22-5-9-23(10-6-22)25(30)18-29/h3-13,19-20,29H,14-18H2,1-2H3/t19-,20+. The van der Waals surface area contributed by atoms with Gasteiger partial charge >= 0.3 is 0 Å². The molecular formula is C26H30N2O2S. The first-order valence-corrected chi connectivity index (χ1v) is 11.8. The first-order valence-electron chi connectivity index (χ1n) is 10.9. The Labute approximate surface area is 188 Å². The monoisotopic (exact) mass is 434 g/mol. The molecule has 0 aliphatic carbocycles. The Morgan fingerprint density at radius 1 is 0.935 bits per heavy atom. The van der Waals surface area contributed by atoms with Gasteiger partial charge in [-0.05, 0) is 42.0 Å². The number of carbonyl (C=O) groups is 1. The molecule has 1 saturated heterocycles. The summed E-state index contributed by atoms with van der Waals surface area (Å²) in [5.41, 5.74) is 4.42. The third kappa shape index (κ3) is 5.31. The van der Waals surface area contributed by atoms with Crippen molar-refractivity contribution in [3.05, 3.63) is 82.7 Å². The number of thiophene rings is 1. The number of Topliss-reactive ketones (excluding diaryl/α,β-unsaturated/α-hetero) is 1. The highest BCUT2D eigenvalue weighted by molar-refractivity contribution is 7.13. The quantitative estimate of drug-likeness (QED) is 0.548. The maximum Gasteiger partial charge on any atom is 0.188 e. The lowest BCUT2D eigenvalue weighted by Crippen LogP contribution is -2.55. The van der Waals surface area contributed by atoms with Gasteiger partial charge in [0.05, 0.1) is 0 Å². The van der Waals surface area contributed by atoms with E-state index >= 15 is 0 Å². The van der Waals surface area contributed by atoms with Crippen molar-refractivity contribution >= 4 is 17.1 Å². The van der Waals surface area contributed by atoms with Gasteiger partial charge in [0.15, 0.2) is 5.78 Å². The first kappa shape index (κ1) is 21.9. The average molecular weight is 435 g/mol. The van der Waals surface area contributed by atoms with Crippen LogP contribution in [-0.4, -0.2) is 52.5 Å². The fourth-order valence-corrected chi connectivity index (χ4v) is 5.21. The molecule has 1 N–H and O–H groups in total. The van der Waals surface area contributed by atoms with E-state index in [4.69, 9.17) is 5.11 Å². The summed E-state index contributed by atoms with van der Waals surface area (Å²) in [6.07, 6.45) is 0. The molecule has 0 bridgehead atoms. The lowest BCUT2D eigenvalue weighted by atomic mass is 10.0. The van der Waals surface area contributed by atoms with Gasteiger partial charge in [-0.15, -0.1) is 11.3 Å². The predicted octanol–water partition coefficient (Wildman–Crippen LogP) is 4.68. The molecule has 1 aliphatic heterocycles. The molecule has 162 valence electrons. The molecule has 0 saturated carbocycles. The van der Waals surface area contributed by atoms with Gasteiger partial charge in [0.2, 0.25) is 0 Å². The Balaban J connectivity index is 1.35. The van der Waals surface area contributed by atoms with Gasteiger partial charge in [-0.25, -0.2) is 0 Å². The number of hydrogen-bond donors (Lipinski definition) is 1. The minimum absolute atomic E-state index is 0.231. The van der Waals surface area contributed by atoms with E-state index in [1.807, 2.05) is 24.3 Å². The summed E-state index contributed by atoms with van der Waals surface area (Å²) in [5.74, 6) is -0.231. The number of aliphatic hydroxyl groups is 1. The van der Waals surface area contributed by atoms with Crippen LogP contribution >= 0.6 is 11.3 Å². The molecule has 2 aromatic carbocycles. The van der Waals surface area contributed by atoms with E-state index in [0.29, 0.717) is 17.6 Å². The molecule has 1 fully saturated rings. The van der Waals surface area contributed by atoms with Crippen molar-refractivity contribution < 1.29 is 9.90 Å². The number of aliphatic hydroxyl groups excluding tert-OH is 1. The lowest BCUT2D eigenvalue weighted by molar-refractivity contribution is 0.0290. The molecule has 0 spiro atoms. The fraction of sp³-hybridized carbons (Fsp3) is 0.346. The SMILES string of the molecule is C[C@@H]1CN(Cc2ccc(-c3cccs3)cc2)C[C@H](C)N1Cc1ccc(C(=O)CO)cc1. The minimum atomic E-state index is -0.438. The molecule has 0 radical (unpaired) electrons. The highest BCUT2D eigenvalue weighted by Gasteiger charge is 2.29. The number of rotatable bonds is 7. The number of nitrogens with zero attached hydrogens (tertiary/aromatic N) is 2. The maximum absolute atomic E-state index is 11.6. The summed E-state index contributed by atoms with van der Waals surface area (Å²) in [6.45, 7) is 8.09. The summed E-state index contributed by atoms with van der Waals surface area (Å²) >= 11 is 1.78. The third-order valence-electron chi connectivity index (χ3n) is 6.13. The summed E-state index contributed by atoms with van der Waals surface area (Å²) < 4.78 is 0. The van der Waals surface area contributed by atoms with Crippen LogP contribution in [0.2, 0.25) is 0 Å². The van der Waals surface area contributed by atoms with Crippen LogP contribution in [0.1, 0.15) is 35.3 Å². The van der Waals surface area contributed by atoms with Crippen molar-refractivity contribution in [2.45, 2.75) is 39.0 Å². The van der Waals surface area contributed by atoms with E-state index in [0.717, 1.165) is 26.2 Å². The lowest BCUT2D eigenvalue weighted by Gasteiger charge is -2.44. The highest BCUT2D eigenvalue weighted by atomic mass is 32.1. The van der Waals surface area contributed by atoms with Gasteiger partial charge in [0, 0.05) is 48.7 Å². The molecule has 0 unspecified atom stereocenters. The van der Waals surface area contributed by atoms with Gasteiger partial charge in [-0.2, -0.15) is 0 Å². The van der Waals surface area contributed by atoms with Crippen LogP contribution < -0.4 is 0 Å². The van der Waals surface area contributed by atoms with E-state index in [2.05, 4.69) is 65.4 Å². The van der Waals surface area contributed by atoms with E-state index in [9.17, 15) is 4.79 Å². The van der Waals surface area contributed by atoms with Crippen LogP contribution in [0.4, 0.5) is 0 Å². The Bertz CT molecular complexity index is 971. The van der Waals surface area contributed by atoms with Crippen LogP contribution in [0.5, 0.6) is 0 Å². The molecule has 1 aliphatic rings. The zero-order valence-corrected chi connectivity index (χ0v) is 19.0. The number of piperazine rings is 1. The zero-order valence-electron chi connectivity index (χ0n) is 18.2. The van der Waals surface area contributed by atoms with Crippen molar-refractivity contribution in [1.29, 1.82) is 0 Å². The Kier molecular flexibility index (Phi) is 6.98. The van der Waals surface area contributed by atoms with E-state index < -0.39 is 6.61 Å². The number of ketones is 1. The van der Waals surface area contributed by atoms with Crippen LogP contribution in [0, 0.1) is 0 Å². The molecule has 5 heteroatoms. The minimum Gasteiger partial charge on any atom is -0.388 e. The third-order valence-corrected chi connectivity index (χ3v) is 7.05. The van der Waals surface area contributed by atoms with E-state index in [1.54, 1.807) is 11.3 Å². The largest absolute Gasteiger partial charge is 0.388 e. The second-order valence-corrected chi connectivity index (χ2v) is 9.46. The maximum atomic E-state index is 11.6. The molecule has 4 nitrogen and oxygen atoms in total. The molecule has 31 heavy (non-hydrogen) atoms. The summed E-state index contributed by atoms with van der Waals surface area (Å²) in [6, 6.07) is 21.8. The first-order chi connectivity index (χ1) is 15.0. The fourth-order valence-electron chi connectivity index (χ4n) is 4.48. The van der Waals surface area contributed by atoms with Crippen molar-refractivity contribution in [3.63, 3.8) is 0 Å². The molecule has 4 rings (SSSR count). The summed E-state index contributed by atoms with van der Waals surface area (Å²) in [5, 5.41) is 11.1. The summed E-state index contributed by atoms with van der Waals surface area (Å²) in [7, 11) is 0. The van der Waals surface area contributed by atoms with E-state index in [-0.39, 0.29) is 5.78 Å². The van der Waals surface area contributed by atoms with Gasteiger partial charge in [0.1, 0.15) is 6.61 Å². The highest BCUT2D eigenvalue weighted by Crippen LogP contribution is 2.26. The van der Waals surface area contributed by atoms with Crippen molar-refractivity contribution in [3.8, 4) is 10.4 Å². The average Bonchev–Trinajstić information content (AvgIpc) is 3.32. The topological polar surface area (TPSA) is 43.8 Å².